The maximum Gasteiger partial charge on any atom is 0.412 e. The second-order valence-electron chi connectivity index (χ2n) is 6.56. The van der Waals surface area contributed by atoms with E-state index in [0.717, 1.165) is 0 Å². The van der Waals surface area contributed by atoms with Gasteiger partial charge in [-0.05, 0) is 37.1 Å². The Morgan fingerprint density at radius 3 is 2.64 bits per heavy atom. The lowest BCUT2D eigenvalue weighted by Crippen LogP contribution is -2.47. The van der Waals surface area contributed by atoms with Crippen molar-refractivity contribution < 1.29 is 18.7 Å². The Bertz CT molecular complexity index is 928. The third-order valence-corrected chi connectivity index (χ3v) is 4.64. The summed E-state index contributed by atoms with van der Waals surface area (Å²) in [6, 6.07) is 14.1. The maximum absolute atomic E-state index is 12.7. The van der Waals surface area contributed by atoms with Crippen molar-refractivity contribution in [3.05, 3.63) is 60.5 Å². The van der Waals surface area contributed by atoms with E-state index < -0.39 is 6.09 Å². The van der Waals surface area contributed by atoms with Crippen LogP contribution in [0, 0.1) is 0 Å². The highest BCUT2D eigenvalue weighted by Crippen LogP contribution is 2.20. The van der Waals surface area contributed by atoms with Gasteiger partial charge in [0.05, 0.1) is 6.26 Å². The molecule has 0 atom stereocenters. The predicted octanol–water partition coefficient (Wildman–Crippen LogP) is 3.06. The van der Waals surface area contributed by atoms with Gasteiger partial charge in [0.2, 0.25) is 0 Å². The van der Waals surface area contributed by atoms with Gasteiger partial charge in [-0.1, -0.05) is 18.2 Å². The number of para-hydroxylation sites is 1. The lowest BCUT2D eigenvalue weighted by molar-refractivity contribution is 0.0700. The average molecular weight is 380 g/mol. The molecule has 8 heteroatoms. The van der Waals surface area contributed by atoms with E-state index >= 15 is 0 Å². The Morgan fingerprint density at radius 1 is 1.14 bits per heavy atom. The van der Waals surface area contributed by atoms with Gasteiger partial charge in [0.15, 0.2) is 11.5 Å². The first-order valence-corrected chi connectivity index (χ1v) is 9.11. The van der Waals surface area contributed by atoms with Crippen molar-refractivity contribution in [3.8, 4) is 17.2 Å². The number of rotatable bonds is 4. The number of ether oxygens (including phenoxy) is 1. The normalized spacial score (nSPS) is 14.6. The Balaban J connectivity index is 1.28. The quantitative estimate of drug-likeness (QED) is 0.724. The van der Waals surface area contributed by atoms with Gasteiger partial charge in [-0.25, -0.2) is 4.79 Å². The summed E-state index contributed by atoms with van der Waals surface area (Å²) in [6.07, 6.45) is 2.40. The molecule has 3 aromatic rings. The minimum Gasteiger partial charge on any atom is -0.463 e. The summed E-state index contributed by atoms with van der Waals surface area (Å²) in [6.45, 7) is 1.08. The van der Waals surface area contributed by atoms with Crippen LogP contribution >= 0.6 is 0 Å². The second kappa shape index (κ2) is 7.99. The van der Waals surface area contributed by atoms with Crippen LogP contribution in [-0.2, 0) is 0 Å². The SMILES string of the molecule is O=C(NC1CCN(C(=O)c2cc(-c3ccco3)[nH]n2)CC1)Oc1ccccc1. The van der Waals surface area contributed by atoms with E-state index in [4.69, 9.17) is 9.15 Å². The number of nitrogens with zero attached hydrogens (tertiary/aromatic N) is 2. The largest absolute Gasteiger partial charge is 0.463 e. The number of hydrogen-bond donors (Lipinski definition) is 2. The molecule has 28 heavy (non-hydrogen) atoms. The molecule has 2 N–H and O–H groups in total. The third kappa shape index (κ3) is 4.06. The zero-order chi connectivity index (χ0) is 19.3. The zero-order valence-electron chi connectivity index (χ0n) is 15.1. The number of piperidine rings is 1. The molecular weight excluding hydrogens is 360 g/mol. The van der Waals surface area contributed by atoms with Crippen molar-refractivity contribution in [2.45, 2.75) is 18.9 Å². The molecule has 144 valence electrons. The summed E-state index contributed by atoms with van der Waals surface area (Å²) < 4.78 is 10.5. The number of carbonyl (C=O) groups is 2. The van der Waals surface area contributed by atoms with E-state index in [1.54, 1.807) is 53.6 Å². The molecule has 1 aliphatic heterocycles. The van der Waals surface area contributed by atoms with Crippen LogP contribution in [-0.4, -0.2) is 46.2 Å². The number of aromatic amines is 1. The molecule has 2 aromatic heterocycles. The van der Waals surface area contributed by atoms with E-state index in [1.807, 2.05) is 6.07 Å². The monoisotopic (exact) mass is 380 g/mol. The first kappa shape index (κ1) is 17.8. The van der Waals surface area contributed by atoms with Crippen molar-refractivity contribution >= 4 is 12.0 Å². The molecule has 8 nitrogen and oxygen atoms in total. The maximum atomic E-state index is 12.7. The van der Waals surface area contributed by atoms with E-state index in [0.29, 0.717) is 48.8 Å². The number of aromatic nitrogens is 2. The molecule has 1 saturated heterocycles. The highest BCUT2D eigenvalue weighted by atomic mass is 16.6. The Kier molecular flexibility index (Phi) is 5.09. The second-order valence-corrected chi connectivity index (χ2v) is 6.56. The molecule has 1 fully saturated rings. The first-order chi connectivity index (χ1) is 13.7. The number of benzene rings is 1. The molecule has 1 aliphatic rings. The fraction of sp³-hybridized carbons (Fsp3) is 0.250. The molecule has 0 unspecified atom stereocenters. The van der Waals surface area contributed by atoms with Crippen LogP contribution in [0.4, 0.5) is 4.79 Å². The third-order valence-electron chi connectivity index (χ3n) is 4.64. The average Bonchev–Trinajstić information content (AvgIpc) is 3.40. The molecular formula is C20H20N4O4. The van der Waals surface area contributed by atoms with E-state index in [1.165, 1.54) is 0 Å². The number of hydrogen-bond acceptors (Lipinski definition) is 5. The fourth-order valence-electron chi connectivity index (χ4n) is 3.17. The molecule has 0 spiro atoms. The first-order valence-electron chi connectivity index (χ1n) is 9.11. The summed E-state index contributed by atoms with van der Waals surface area (Å²) in [5, 5.41) is 9.77. The van der Waals surface area contributed by atoms with E-state index in [9.17, 15) is 9.59 Å². The van der Waals surface area contributed by atoms with Crippen LogP contribution in [0.15, 0.2) is 59.2 Å². The Hall–Kier alpha value is -3.55. The van der Waals surface area contributed by atoms with Crippen LogP contribution in [0.1, 0.15) is 23.3 Å². The van der Waals surface area contributed by atoms with Gasteiger partial charge >= 0.3 is 6.09 Å². The number of nitrogens with one attached hydrogen (secondary N) is 2. The van der Waals surface area contributed by atoms with E-state index in [2.05, 4.69) is 15.5 Å². The standard InChI is InChI=1S/C20H20N4O4/c25-19(17-13-16(22-23-17)18-7-4-12-27-18)24-10-8-14(9-11-24)21-20(26)28-15-5-2-1-3-6-15/h1-7,12-14H,8-11H2,(H,21,26)(H,22,23). The minimum atomic E-state index is -0.480. The van der Waals surface area contributed by atoms with Crippen LogP contribution < -0.4 is 10.1 Å². The van der Waals surface area contributed by atoms with E-state index in [-0.39, 0.29) is 11.9 Å². The summed E-state index contributed by atoms with van der Waals surface area (Å²) >= 11 is 0. The molecule has 2 amide bonds. The van der Waals surface area contributed by atoms with Crippen LogP contribution in [0.2, 0.25) is 0 Å². The summed E-state index contributed by atoms with van der Waals surface area (Å²) in [7, 11) is 0. The Morgan fingerprint density at radius 2 is 1.93 bits per heavy atom. The van der Waals surface area contributed by atoms with Gasteiger partial charge in [-0.15, -0.1) is 0 Å². The summed E-state index contributed by atoms with van der Waals surface area (Å²) in [4.78, 5) is 26.4. The number of likely N-dealkylation sites (tertiary alicyclic amines) is 1. The van der Waals surface area contributed by atoms with Crippen molar-refractivity contribution in [1.29, 1.82) is 0 Å². The van der Waals surface area contributed by atoms with Crippen molar-refractivity contribution in [1.82, 2.24) is 20.4 Å². The predicted molar refractivity (Wildman–Crippen MR) is 101 cm³/mol. The van der Waals surface area contributed by atoms with Gasteiger partial charge in [0.1, 0.15) is 11.4 Å². The molecule has 0 radical (unpaired) electrons. The number of furan rings is 1. The lowest BCUT2D eigenvalue weighted by atomic mass is 10.0. The summed E-state index contributed by atoms with van der Waals surface area (Å²) in [5.41, 5.74) is 1.01. The number of carbonyl (C=O) groups excluding carboxylic acids is 2. The molecule has 3 heterocycles. The van der Waals surface area contributed by atoms with Crippen molar-refractivity contribution in [3.63, 3.8) is 0 Å². The van der Waals surface area contributed by atoms with Gasteiger partial charge in [0, 0.05) is 25.2 Å². The smallest absolute Gasteiger partial charge is 0.412 e. The highest BCUT2D eigenvalue weighted by Gasteiger charge is 2.26. The topological polar surface area (TPSA) is 100 Å². The molecule has 4 rings (SSSR count). The molecule has 0 bridgehead atoms. The number of amides is 2. The van der Waals surface area contributed by atoms with Crippen LogP contribution in [0.3, 0.4) is 0 Å². The summed E-state index contributed by atoms with van der Waals surface area (Å²) in [5.74, 6) is 0.990. The number of H-pyrrole nitrogens is 1. The minimum absolute atomic E-state index is 0.0295. The van der Waals surface area contributed by atoms with Gasteiger partial charge < -0.3 is 19.4 Å². The molecule has 0 saturated carbocycles. The van der Waals surface area contributed by atoms with Crippen molar-refractivity contribution in [2.75, 3.05) is 13.1 Å². The van der Waals surface area contributed by atoms with Gasteiger partial charge in [-0.2, -0.15) is 5.10 Å². The molecule has 1 aromatic carbocycles. The Labute approximate surface area is 161 Å². The van der Waals surface area contributed by atoms with Crippen LogP contribution in [0.5, 0.6) is 5.75 Å². The van der Waals surface area contributed by atoms with Gasteiger partial charge in [-0.3, -0.25) is 9.89 Å². The fourth-order valence-corrected chi connectivity index (χ4v) is 3.17. The van der Waals surface area contributed by atoms with Crippen LogP contribution in [0.25, 0.3) is 11.5 Å². The highest BCUT2D eigenvalue weighted by molar-refractivity contribution is 5.93. The zero-order valence-corrected chi connectivity index (χ0v) is 15.1. The van der Waals surface area contributed by atoms with Gasteiger partial charge in [0.25, 0.3) is 5.91 Å². The lowest BCUT2D eigenvalue weighted by Gasteiger charge is -2.31. The molecule has 0 aliphatic carbocycles. The van der Waals surface area contributed by atoms with Crippen molar-refractivity contribution in [2.24, 2.45) is 0 Å².